The smallest absolute Gasteiger partial charge is 0.323 e. The Morgan fingerprint density at radius 2 is 2.37 bits per heavy atom. The molecule has 0 saturated carbocycles. The van der Waals surface area contributed by atoms with Crippen LogP contribution in [0.5, 0.6) is 0 Å². The second kappa shape index (κ2) is 5.77. The number of rotatable bonds is 4. The predicted molar refractivity (Wildman–Crippen MR) is 65.7 cm³/mol. The summed E-state index contributed by atoms with van der Waals surface area (Å²) in [6, 6.07) is 5.53. The summed E-state index contributed by atoms with van der Waals surface area (Å²) in [5, 5.41) is 19.8. The van der Waals surface area contributed by atoms with Gasteiger partial charge in [0, 0.05) is 25.2 Å². The van der Waals surface area contributed by atoms with E-state index in [1.807, 2.05) is 0 Å². The maximum atomic E-state index is 11.1. The van der Waals surface area contributed by atoms with Crippen LogP contribution >= 0.6 is 0 Å². The van der Waals surface area contributed by atoms with Gasteiger partial charge in [0.25, 0.3) is 5.69 Å². The maximum Gasteiger partial charge on any atom is 0.323 e. The van der Waals surface area contributed by atoms with Gasteiger partial charge in [-0.3, -0.25) is 19.8 Å². The van der Waals surface area contributed by atoms with Gasteiger partial charge in [0.15, 0.2) is 0 Å². The molecular formula is C12H14N2O5. The Balaban J connectivity index is 2.12. The zero-order valence-electron chi connectivity index (χ0n) is 10.2. The average molecular weight is 266 g/mol. The highest BCUT2D eigenvalue weighted by Crippen LogP contribution is 2.17. The minimum Gasteiger partial charge on any atom is -0.480 e. The number of hydrogen-bond acceptors (Lipinski definition) is 5. The van der Waals surface area contributed by atoms with E-state index < -0.39 is 16.9 Å². The fourth-order valence-corrected chi connectivity index (χ4v) is 2.06. The molecule has 1 aliphatic rings. The van der Waals surface area contributed by atoms with Crippen LogP contribution in [-0.2, 0) is 16.1 Å². The van der Waals surface area contributed by atoms with E-state index in [0.29, 0.717) is 19.7 Å². The van der Waals surface area contributed by atoms with Gasteiger partial charge in [0.2, 0.25) is 0 Å². The molecule has 0 radical (unpaired) electrons. The van der Waals surface area contributed by atoms with Crippen molar-refractivity contribution in [3.63, 3.8) is 0 Å². The van der Waals surface area contributed by atoms with Crippen molar-refractivity contribution in [3.05, 3.63) is 39.9 Å². The van der Waals surface area contributed by atoms with Crippen LogP contribution in [0.25, 0.3) is 0 Å². The van der Waals surface area contributed by atoms with E-state index in [2.05, 4.69) is 0 Å². The number of ether oxygens (including phenoxy) is 1. The van der Waals surface area contributed by atoms with Crippen molar-refractivity contribution in [3.8, 4) is 0 Å². The SMILES string of the molecule is O=C(O)C1COCCN1Cc1cccc([N+](=O)[O-])c1. The van der Waals surface area contributed by atoms with Gasteiger partial charge in [-0.15, -0.1) is 0 Å². The molecule has 7 heteroatoms. The van der Waals surface area contributed by atoms with E-state index in [0.717, 1.165) is 5.56 Å². The molecule has 1 atom stereocenters. The number of nitro benzene ring substituents is 1. The van der Waals surface area contributed by atoms with Gasteiger partial charge in [0.1, 0.15) is 6.04 Å². The highest BCUT2D eigenvalue weighted by molar-refractivity contribution is 5.73. The van der Waals surface area contributed by atoms with Crippen LogP contribution in [0.1, 0.15) is 5.56 Å². The second-order valence-electron chi connectivity index (χ2n) is 4.33. The topological polar surface area (TPSA) is 92.9 Å². The van der Waals surface area contributed by atoms with Gasteiger partial charge in [0.05, 0.1) is 18.1 Å². The van der Waals surface area contributed by atoms with E-state index in [1.54, 1.807) is 17.0 Å². The highest BCUT2D eigenvalue weighted by Gasteiger charge is 2.29. The predicted octanol–water partition coefficient (Wildman–Crippen LogP) is 0.880. The van der Waals surface area contributed by atoms with Gasteiger partial charge in [-0.05, 0) is 5.56 Å². The first-order valence-electron chi connectivity index (χ1n) is 5.86. The number of non-ortho nitro benzene ring substituents is 1. The number of nitrogens with zero attached hydrogens (tertiary/aromatic N) is 2. The first-order valence-corrected chi connectivity index (χ1v) is 5.86. The third-order valence-electron chi connectivity index (χ3n) is 3.03. The van der Waals surface area contributed by atoms with Gasteiger partial charge >= 0.3 is 5.97 Å². The number of benzene rings is 1. The van der Waals surface area contributed by atoms with Crippen molar-refractivity contribution in [2.45, 2.75) is 12.6 Å². The molecule has 1 saturated heterocycles. The molecule has 0 aromatic heterocycles. The monoisotopic (exact) mass is 266 g/mol. The third kappa shape index (κ3) is 3.27. The number of aliphatic carboxylic acids is 1. The Morgan fingerprint density at radius 3 is 3.05 bits per heavy atom. The molecule has 1 aromatic rings. The summed E-state index contributed by atoms with van der Waals surface area (Å²) in [7, 11) is 0. The van der Waals surface area contributed by atoms with E-state index in [4.69, 9.17) is 9.84 Å². The molecule has 0 spiro atoms. The molecule has 1 N–H and O–H groups in total. The minimum atomic E-state index is -0.940. The zero-order chi connectivity index (χ0) is 13.8. The standard InChI is InChI=1S/C12H14N2O5/c15-12(16)11-8-19-5-4-13(11)7-9-2-1-3-10(6-9)14(17)18/h1-3,6,11H,4-5,7-8H2,(H,15,16). The molecule has 1 aliphatic heterocycles. The lowest BCUT2D eigenvalue weighted by Gasteiger charge is -2.32. The molecule has 1 heterocycles. The van der Waals surface area contributed by atoms with Gasteiger partial charge in [-0.25, -0.2) is 0 Å². The molecule has 2 rings (SSSR count). The van der Waals surface area contributed by atoms with Gasteiger partial charge < -0.3 is 9.84 Å². The van der Waals surface area contributed by atoms with Gasteiger partial charge in [-0.2, -0.15) is 0 Å². The number of morpholine rings is 1. The van der Waals surface area contributed by atoms with Crippen molar-refractivity contribution >= 4 is 11.7 Å². The first-order chi connectivity index (χ1) is 9.08. The van der Waals surface area contributed by atoms with Crippen LogP contribution < -0.4 is 0 Å². The Kier molecular flexibility index (Phi) is 4.08. The molecule has 7 nitrogen and oxygen atoms in total. The van der Waals surface area contributed by atoms with E-state index in [1.165, 1.54) is 12.1 Å². The molecule has 0 amide bonds. The van der Waals surface area contributed by atoms with Crippen LogP contribution in [-0.4, -0.2) is 46.7 Å². The zero-order valence-corrected chi connectivity index (χ0v) is 10.2. The van der Waals surface area contributed by atoms with Gasteiger partial charge in [-0.1, -0.05) is 12.1 Å². The molecule has 0 aliphatic carbocycles. The summed E-state index contributed by atoms with van der Waals surface area (Å²) in [5.74, 6) is -0.940. The molecule has 1 aromatic carbocycles. The first kappa shape index (κ1) is 13.4. The number of carboxylic acid groups (broad SMARTS) is 1. The number of hydrogen-bond donors (Lipinski definition) is 1. The summed E-state index contributed by atoms with van der Waals surface area (Å²) in [6.45, 7) is 1.48. The summed E-state index contributed by atoms with van der Waals surface area (Å²) >= 11 is 0. The Labute approximate surface area is 109 Å². The van der Waals surface area contributed by atoms with Crippen LogP contribution in [0.15, 0.2) is 24.3 Å². The summed E-state index contributed by atoms with van der Waals surface area (Å²) in [6.07, 6.45) is 0. The van der Waals surface area contributed by atoms with Crippen molar-refractivity contribution < 1.29 is 19.6 Å². The van der Waals surface area contributed by atoms with Crippen molar-refractivity contribution in [1.29, 1.82) is 0 Å². The lowest BCUT2D eigenvalue weighted by molar-refractivity contribution is -0.384. The van der Waals surface area contributed by atoms with E-state index >= 15 is 0 Å². The van der Waals surface area contributed by atoms with Crippen LogP contribution in [0.2, 0.25) is 0 Å². The van der Waals surface area contributed by atoms with Crippen molar-refractivity contribution in [2.24, 2.45) is 0 Å². The molecular weight excluding hydrogens is 252 g/mol. The molecule has 1 unspecified atom stereocenters. The Morgan fingerprint density at radius 1 is 1.58 bits per heavy atom. The number of carbonyl (C=O) groups is 1. The van der Waals surface area contributed by atoms with E-state index in [9.17, 15) is 14.9 Å². The van der Waals surface area contributed by atoms with E-state index in [-0.39, 0.29) is 12.3 Å². The van der Waals surface area contributed by atoms with Crippen LogP contribution in [0, 0.1) is 10.1 Å². The largest absolute Gasteiger partial charge is 0.480 e. The molecule has 1 fully saturated rings. The maximum absolute atomic E-state index is 11.1. The Bertz CT molecular complexity index is 491. The summed E-state index contributed by atoms with van der Waals surface area (Å²) < 4.78 is 5.14. The quantitative estimate of drug-likeness (QED) is 0.642. The molecule has 102 valence electrons. The summed E-state index contributed by atoms with van der Waals surface area (Å²) in [4.78, 5) is 23.1. The summed E-state index contributed by atoms with van der Waals surface area (Å²) in [5.41, 5.74) is 0.736. The fourth-order valence-electron chi connectivity index (χ4n) is 2.06. The van der Waals surface area contributed by atoms with Crippen molar-refractivity contribution in [1.82, 2.24) is 4.90 Å². The van der Waals surface area contributed by atoms with Crippen LogP contribution in [0.3, 0.4) is 0 Å². The lowest BCUT2D eigenvalue weighted by Crippen LogP contribution is -2.49. The molecule has 0 bridgehead atoms. The number of carboxylic acids is 1. The third-order valence-corrected chi connectivity index (χ3v) is 3.03. The second-order valence-corrected chi connectivity index (χ2v) is 4.33. The van der Waals surface area contributed by atoms with Crippen molar-refractivity contribution in [2.75, 3.05) is 19.8 Å². The normalized spacial score (nSPS) is 20.1. The molecule has 19 heavy (non-hydrogen) atoms. The van der Waals surface area contributed by atoms with Crippen LogP contribution in [0.4, 0.5) is 5.69 Å². The lowest BCUT2D eigenvalue weighted by atomic mass is 10.1. The highest BCUT2D eigenvalue weighted by atomic mass is 16.6. The average Bonchev–Trinajstić information content (AvgIpc) is 2.39. The fraction of sp³-hybridized carbons (Fsp3) is 0.417. The minimum absolute atomic E-state index is 0.0117. The number of nitro groups is 1. The Hall–Kier alpha value is -1.99.